The standard InChI is InChI=1S/C27H26N2O3/c1-19-16-21-8-5-11-24-25(21)29(19)18-27(32-24,17-28-12-14-31-15-13-28)26(30)23-10-4-7-20-6-2-3-9-22(20)23/h2-11,16H,12-15,17-18H2,1H3/t27-/m1/s1. The van der Waals surface area contributed by atoms with Crippen LogP contribution in [0.15, 0.2) is 66.7 Å². The second-order valence-electron chi connectivity index (χ2n) is 8.91. The number of ketones is 1. The summed E-state index contributed by atoms with van der Waals surface area (Å²) in [6.45, 7) is 6.11. The zero-order valence-corrected chi connectivity index (χ0v) is 18.2. The van der Waals surface area contributed by atoms with Crippen molar-refractivity contribution in [2.24, 2.45) is 0 Å². The predicted octanol–water partition coefficient (Wildman–Crippen LogP) is 4.45. The third-order valence-corrected chi connectivity index (χ3v) is 6.84. The van der Waals surface area contributed by atoms with Gasteiger partial charge in [0.1, 0.15) is 5.75 Å². The van der Waals surface area contributed by atoms with E-state index in [2.05, 4.69) is 40.7 Å². The molecule has 1 atom stereocenters. The summed E-state index contributed by atoms with van der Waals surface area (Å²) in [4.78, 5) is 16.7. The number of ether oxygens (including phenoxy) is 2. The Bertz CT molecular complexity index is 1330. The fraction of sp³-hybridized carbons (Fsp3) is 0.296. The number of para-hydroxylation sites is 1. The first-order valence-electron chi connectivity index (χ1n) is 11.3. The Morgan fingerprint density at radius 2 is 1.72 bits per heavy atom. The number of hydrogen-bond acceptors (Lipinski definition) is 4. The van der Waals surface area contributed by atoms with Gasteiger partial charge in [-0.05, 0) is 29.8 Å². The molecule has 0 saturated carbocycles. The number of carbonyl (C=O) groups is 1. The first-order valence-corrected chi connectivity index (χ1v) is 11.3. The smallest absolute Gasteiger partial charge is 0.210 e. The van der Waals surface area contributed by atoms with E-state index in [1.165, 1.54) is 0 Å². The summed E-state index contributed by atoms with van der Waals surface area (Å²) in [6.07, 6.45) is 0. The molecular formula is C27H26N2O3. The maximum absolute atomic E-state index is 14.4. The van der Waals surface area contributed by atoms with Crippen LogP contribution in [0.4, 0.5) is 0 Å². The molecule has 4 aromatic rings. The van der Waals surface area contributed by atoms with Crippen LogP contribution >= 0.6 is 0 Å². The number of aryl methyl sites for hydroxylation is 1. The molecule has 32 heavy (non-hydrogen) atoms. The summed E-state index contributed by atoms with van der Waals surface area (Å²) in [5, 5.41) is 3.19. The second-order valence-corrected chi connectivity index (χ2v) is 8.91. The quantitative estimate of drug-likeness (QED) is 0.452. The average Bonchev–Trinajstić information content (AvgIpc) is 3.15. The first kappa shape index (κ1) is 19.5. The highest BCUT2D eigenvalue weighted by Crippen LogP contribution is 2.39. The van der Waals surface area contributed by atoms with Crippen molar-refractivity contribution >= 4 is 27.5 Å². The van der Waals surface area contributed by atoms with E-state index in [9.17, 15) is 4.79 Å². The number of carbonyl (C=O) groups excluding carboxylic acids is 1. The second kappa shape index (κ2) is 7.47. The maximum atomic E-state index is 14.4. The summed E-state index contributed by atoms with van der Waals surface area (Å²) < 4.78 is 14.5. The molecule has 3 aromatic carbocycles. The van der Waals surface area contributed by atoms with E-state index in [0.29, 0.717) is 26.3 Å². The maximum Gasteiger partial charge on any atom is 0.210 e. The lowest BCUT2D eigenvalue weighted by Crippen LogP contribution is -2.59. The monoisotopic (exact) mass is 426 g/mol. The zero-order valence-electron chi connectivity index (χ0n) is 18.2. The van der Waals surface area contributed by atoms with Crippen LogP contribution in [0.5, 0.6) is 5.75 Å². The highest BCUT2D eigenvalue weighted by molar-refractivity contribution is 6.12. The Labute approximate surface area is 187 Å². The van der Waals surface area contributed by atoms with Crippen molar-refractivity contribution in [3.63, 3.8) is 0 Å². The number of hydrogen-bond donors (Lipinski definition) is 0. The van der Waals surface area contributed by atoms with Crippen molar-refractivity contribution in [1.82, 2.24) is 9.47 Å². The molecule has 0 amide bonds. The van der Waals surface area contributed by atoms with E-state index >= 15 is 0 Å². The molecular weight excluding hydrogens is 400 g/mol. The van der Waals surface area contributed by atoms with Crippen LogP contribution in [0.2, 0.25) is 0 Å². The predicted molar refractivity (Wildman–Crippen MR) is 126 cm³/mol. The van der Waals surface area contributed by atoms with Gasteiger partial charge in [-0.1, -0.05) is 54.6 Å². The van der Waals surface area contributed by atoms with E-state index in [1.807, 2.05) is 42.5 Å². The van der Waals surface area contributed by atoms with Gasteiger partial charge >= 0.3 is 0 Å². The third kappa shape index (κ3) is 3.04. The van der Waals surface area contributed by atoms with Gasteiger partial charge < -0.3 is 14.0 Å². The van der Waals surface area contributed by atoms with Gasteiger partial charge in [0.15, 0.2) is 0 Å². The molecule has 6 rings (SSSR count). The highest BCUT2D eigenvalue weighted by Gasteiger charge is 2.47. The van der Waals surface area contributed by atoms with Gasteiger partial charge in [-0.3, -0.25) is 9.69 Å². The summed E-state index contributed by atoms with van der Waals surface area (Å²) in [6, 6.07) is 22.3. The van der Waals surface area contributed by atoms with E-state index in [-0.39, 0.29) is 5.78 Å². The molecule has 162 valence electrons. The van der Waals surface area contributed by atoms with Gasteiger partial charge in [0, 0.05) is 36.3 Å². The van der Waals surface area contributed by atoms with Crippen molar-refractivity contribution in [1.29, 1.82) is 0 Å². The molecule has 2 aliphatic rings. The third-order valence-electron chi connectivity index (χ3n) is 6.84. The summed E-state index contributed by atoms with van der Waals surface area (Å²) in [7, 11) is 0. The lowest BCUT2D eigenvalue weighted by atomic mass is 9.87. The number of fused-ring (bicyclic) bond motifs is 1. The summed E-state index contributed by atoms with van der Waals surface area (Å²) in [5.74, 6) is 0.820. The van der Waals surface area contributed by atoms with Crippen molar-refractivity contribution < 1.29 is 14.3 Å². The van der Waals surface area contributed by atoms with Crippen LogP contribution in [0, 0.1) is 6.92 Å². The molecule has 0 spiro atoms. The Balaban J connectivity index is 1.51. The lowest BCUT2D eigenvalue weighted by Gasteiger charge is -2.42. The first-order chi connectivity index (χ1) is 15.6. The summed E-state index contributed by atoms with van der Waals surface area (Å²) in [5.41, 5.74) is 1.94. The van der Waals surface area contributed by atoms with E-state index < -0.39 is 5.60 Å². The normalized spacial score (nSPS) is 21.0. The van der Waals surface area contributed by atoms with Crippen LogP contribution in [-0.2, 0) is 11.3 Å². The minimum absolute atomic E-state index is 0.0385. The number of nitrogens with zero attached hydrogens (tertiary/aromatic N) is 2. The Hall–Kier alpha value is -3.15. The molecule has 3 heterocycles. The fourth-order valence-electron chi connectivity index (χ4n) is 5.27. The number of benzene rings is 3. The van der Waals surface area contributed by atoms with Gasteiger partial charge in [-0.15, -0.1) is 0 Å². The Morgan fingerprint density at radius 3 is 2.59 bits per heavy atom. The molecule has 0 bridgehead atoms. The topological polar surface area (TPSA) is 43.7 Å². The van der Waals surface area contributed by atoms with Crippen LogP contribution in [0.3, 0.4) is 0 Å². The van der Waals surface area contributed by atoms with E-state index in [1.54, 1.807) is 0 Å². The number of aromatic nitrogens is 1. The SMILES string of the molecule is Cc1cc2cccc3c2n1C[C@](CN1CCOCC1)(C(=O)c1cccc2ccccc12)O3. The van der Waals surface area contributed by atoms with Crippen molar-refractivity contribution in [3.05, 3.63) is 78.0 Å². The molecule has 0 aliphatic carbocycles. The number of Topliss-reactive ketones (excluding diaryl/α,β-unsaturated/α-hetero) is 1. The van der Waals surface area contributed by atoms with Crippen molar-refractivity contribution in [2.45, 2.75) is 19.1 Å². The molecule has 1 saturated heterocycles. The van der Waals surface area contributed by atoms with Gasteiger partial charge in [-0.25, -0.2) is 0 Å². The van der Waals surface area contributed by atoms with Crippen LogP contribution in [-0.4, -0.2) is 53.7 Å². The van der Waals surface area contributed by atoms with Gasteiger partial charge in [0.05, 0.1) is 25.3 Å². The number of morpholine rings is 1. The van der Waals surface area contributed by atoms with Crippen molar-refractivity contribution in [3.8, 4) is 5.75 Å². The summed E-state index contributed by atoms with van der Waals surface area (Å²) >= 11 is 0. The minimum atomic E-state index is -1.01. The average molecular weight is 427 g/mol. The van der Waals surface area contributed by atoms with Gasteiger partial charge in [-0.2, -0.15) is 0 Å². The Kier molecular flexibility index (Phi) is 4.56. The number of rotatable bonds is 4. The molecule has 0 radical (unpaired) electrons. The molecule has 1 aromatic heterocycles. The fourth-order valence-corrected chi connectivity index (χ4v) is 5.27. The molecule has 2 aliphatic heterocycles. The molecule has 0 N–H and O–H groups in total. The van der Waals surface area contributed by atoms with E-state index in [0.717, 1.165) is 51.8 Å². The lowest BCUT2D eigenvalue weighted by molar-refractivity contribution is -0.0185. The van der Waals surface area contributed by atoms with Crippen LogP contribution in [0.1, 0.15) is 16.1 Å². The molecule has 5 heteroatoms. The van der Waals surface area contributed by atoms with Crippen molar-refractivity contribution in [2.75, 3.05) is 32.8 Å². The molecule has 5 nitrogen and oxygen atoms in total. The zero-order chi connectivity index (χ0) is 21.7. The Morgan fingerprint density at radius 1 is 0.969 bits per heavy atom. The minimum Gasteiger partial charge on any atom is -0.474 e. The van der Waals surface area contributed by atoms with Gasteiger partial charge in [0.25, 0.3) is 0 Å². The van der Waals surface area contributed by atoms with Crippen LogP contribution in [0.25, 0.3) is 21.7 Å². The molecule has 0 unspecified atom stereocenters. The molecule has 1 fully saturated rings. The van der Waals surface area contributed by atoms with Gasteiger partial charge in [0.2, 0.25) is 11.4 Å². The van der Waals surface area contributed by atoms with Crippen LogP contribution < -0.4 is 4.74 Å². The highest BCUT2D eigenvalue weighted by atomic mass is 16.5. The largest absolute Gasteiger partial charge is 0.474 e. The van der Waals surface area contributed by atoms with E-state index in [4.69, 9.17) is 9.47 Å².